The van der Waals surface area contributed by atoms with E-state index in [1.54, 1.807) is 13.8 Å². The molecule has 0 radical (unpaired) electrons. The van der Waals surface area contributed by atoms with Crippen molar-refractivity contribution >= 4 is 22.7 Å². The molecule has 0 bridgehead atoms. The normalized spacial score (nSPS) is 15.7. The average Bonchev–Trinajstić information content (AvgIpc) is 1.95. The van der Waals surface area contributed by atoms with Crippen LogP contribution in [0.3, 0.4) is 0 Å². The van der Waals surface area contributed by atoms with Crippen LogP contribution in [0, 0.1) is 5.41 Å². The summed E-state index contributed by atoms with van der Waals surface area (Å²) in [6.45, 7) is 9.61. The lowest BCUT2D eigenvalue weighted by atomic mass is 9.91. The van der Waals surface area contributed by atoms with E-state index in [0.717, 1.165) is 6.42 Å². The molecule has 0 aliphatic carbocycles. The summed E-state index contributed by atoms with van der Waals surface area (Å²) in [6.07, 6.45) is 1.00. The topological polar surface area (TPSA) is 43.4 Å². The molecule has 1 atom stereocenters. The second kappa shape index (κ2) is 5.55. The molecule has 15 heavy (non-hydrogen) atoms. The van der Waals surface area contributed by atoms with Crippen molar-refractivity contribution in [1.82, 2.24) is 0 Å². The molecule has 0 aliphatic rings. The fourth-order valence-electron chi connectivity index (χ4n) is 1.03. The maximum atomic E-state index is 11.6. The molecule has 0 saturated carbocycles. The summed E-state index contributed by atoms with van der Waals surface area (Å²) < 4.78 is 27.3. The highest BCUT2D eigenvalue weighted by atomic mass is 32.3. The SMILES string of the molecule is CC(C)OS(=O)(=O)C(S)CCC(C)(C)C. The van der Waals surface area contributed by atoms with E-state index in [4.69, 9.17) is 4.18 Å². The van der Waals surface area contributed by atoms with Crippen LogP contribution in [-0.2, 0) is 14.3 Å². The Hall–Kier alpha value is 0.260. The van der Waals surface area contributed by atoms with E-state index in [2.05, 4.69) is 33.4 Å². The first-order valence-corrected chi connectivity index (χ1v) is 7.13. The van der Waals surface area contributed by atoms with Crippen LogP contribution in [0.5, 0.6) is 0 Å². The minimum Gasteiger partial charge on any atom is -0.267 e. The minimum atomic E-state index is -3.52. The van der Waals surface area contributed by atoms with Gasteiger partial charge in [0.25, 0.3) is 10.1 Å². The Kier molecular flexibility index (Phi) is 5.64. The fraction of sp³-hybridized carbons (Fsp3) is 1.00. The van der Waals surface area contributed by atoms with Gasteiger partial charge in [-0.3, -0.25) is 4.18 Å². The van der Waals surface area contributed by atoms with Gasteiger partial charge in [0.2, 0.25) is 0 Å². The number of hydrogen-bond donors (Lipinski definition) is 1. The summed E-state index contributed by atoms with van der Waals surface area (Å²) >= 11 is 4.08. The van der Waals surface area contributed by atoms with E-state index in [9.17, 15) is 8.42 Å². The van der Waals surface area contributed by atoms with Gasteiger partial charge in [0.1, 0.15) is 4.58 Å². The molecule has 0 heterocycles. The van der Waals surface area contributed by atoms with Crippen LogP contribution in [0.4, 0.5) is 0 Å². The van der Waals surface area contributed by atoms with E-state index >= 15 is 0 Å². The van der Waals surface area contributed by atoms with Gasteiger partial charge >= 0.3 is 0 Å². The molecule has 0 aromatic rings. The molecule has 0 fully saturated rings. The lowest BCUT2D eigenvalue weighted by Crippen LogP contribution is -2.23. The highest BCUT2D eigenvalue weighted by Gasteiger charge is 2.25. The first-order chi connectivity index (χ1) is 6.54. The number of thiol groups is 1. The van der Waals surface area contributed by atoms with Crippen LogP contribution in [0.15, 0.2) is 0 Å². The maximum Gasteiger partial charge on any atom is 0.279 e. The smallest absolute Gasteiger partial charge is 0.267 e. The zero-order valence-corrected chi connectivity index (χ0v) is 11.9. The number of hydrogen-bond acceptors (Lipinski definition) is 4. The Morgan fingerprint density at radius 3 is 2.07 bits per heavy atom. The first kappa shape index (κ1) is 15.3. The van der Waals surface area contributed by atoms with E-state index in [-0.39, 0.29) is 11.5 Å². The second-order valence-electron chi connectivity index (χ2n) is 5.19. The zero-order valence-electron chi connectivity index (χ0n) is 10.1. The van der Waals surface area contributed by atoms with Gasteiger partial charge < -0.3 is 0 Å². The molecule has 0 aromatic carbocycles. The quantitative estimate of drug-likeness (QED) is 0.606. The van der Waals surface area contributed by atoms with Crippen molar-refractivity contribution in [2.75, 3.05) is 0 Å². The Bertz CT molecular complexity index is 276. The Morgan fingerprint density at radius 2 is 1.73 bits per heavy atom. The fourth-order valence-corrected chi connectivity index (χ4v) is 2.38. The summed E-state index contributed by atoms with van der Waals surface area (Å²) in [4.78, 5) is 0. The molecule has 0 amide bonds. The second-order valence-corrected chi connectivity index (χ2v) is 7.91. The summed E-state index contributed by atoms with van der Waals surface area (Å²) in [6, 6.07) is 0. The maximum absolute atomic E-state index is 11.6. The van der Waals surface area contributed by atoms with Crippen LogP contribution >= 0.6 is 12.6 Å². The van der Waals surface area contributed by atoms with Gasteiger partial charge in [0.05, 0.1) is 6.10 Å². The van der Waals surface area contributed by atoms with E-state index in [1.165, 1.54) is 0 Å². The number of rotatable bonds is 5. The standard InChI is InChI=1S/C10H22O3S2/c1-8(2)13-15(11,12)9(14)6-7-10(3,4)5/h8-9,14H,6-7H2,1-5H3. The highest BCUT2D eigenvalue weighted by Crippen LogP contribution is 2.25. The first-order valence-electron chi connectivity index (χ1n) is 5.15. The molecule has 0 aliphatic heterocycles. The third kappa shape index (κ3) is 7.19. The minimum absolute atomic E-state index is 0.119. The van der Waals surface area contributed by atoms with Crippen molar-refractivity contribution in [3.63, 3.8) is 0 Å². The summed E-state index contributed by atoms with van der Waals surface area (Å²) in [5.74, 6) is 0. The largest absolute Gasteiger partial charge is 0.279 e. The molecule has 1 unspecified atom stereocenters. The van der Waals surface area contributed by atoms with Crippen LogP contribution in [-0.4, -0.2) is 19.1 Å². The molecule has 0 saturated heterocycles. The Morgan fingerprint density at radius 1 is 1.27 bits per heavy atom. The van der Waals surface area contributed by atoms with E-state index < -0.39 is 14.7 Å². The molecular formula is C10H22O3S2. The molecule has 5 heteroatoms. The van der Waals surface area contributed by atoms with Crippen LogP contribution in [0.25, 0.3) is 0 Å². The van der Waals surface area contributed by atoms with Gasteiger partial charge in [-0.25, -0.2) is 0 Å². The van der Waals surface area contributed by atoms with Crippen molar-refractivity contribution in [3.05, 3.63) is 0 Å². The molecular weight excluding hydrogens is 232 g/mol. The molecule has 3 nitrogen and oxygen atoms in total. The van der Waals surface area contributed by atoms with Crippen molar-refractivity contribution in [2.45, 2.75) is 58.1 Å². The molecule has 0 rings (SSSR count). The predicted molar refractivity (Wildman–Crippen MR) is 66.6 cm³/mol. The lowest BCUT2D eigenvalue weighted by Gasteiger charge is -2.20. The Balaban J connectivity index is 4.27. The van der Waals surface area contributed by atoms with Crippen LogP contribution in [0.2, 0.25) is 0 Å². The molecule has 0 spiro atoms. The predicted octanol–water partition coefficient (Wildman–Crippen LogP) is 2.82. The Labute approximate surface area is 99.1 Å². The third-order valence-corrected chi connectivity index (χ3v) is 4.39. The monoisotopic (exact) mass is 254 g/mol. The van der Waals surface area contributed by atoms with E-state index in [1.807, 2.05) is 0 Å². The van der Waals surface area contributed by atoms with Crippen molar-refractivity contribution < 1.29 is 12.6 Å². The van der Waals surface area contributed by atoms with Crippen molar-refractivity contribution in [3.8, 4) is 0 Å². The van der Waals surface area contributed by atoms with Gasteiger partial charge in [0, 0.05) is 0 Å². The molecule has 92 valence electrons. The van der Waals surface area contributed by atoms with Gasteiger partial charge in [-0.2, -0.15) is 21.0 Å². The van der Waals surface area contributed by atoms with Crippen LogP contribution < -0.4 is 0 Å². The summed E-state index contributed by atoms with van der Waals surface area (Å²) in [7, 11) is -3.52. The summed E-state index contributed by atoms with van der Waals surface area (Å²) in [5, 5.41) is 0. The molecule has 0 aromatic heterocycles. The van der Waals surface area contributed by atoms with Gasteiger partial charge in [0.15, 0.2) is 0 Å². The van der Waals surface area contributed by atoms with E-state index in [0.29, 0.717) is 6.42 Å². The van der Waals surface area contributed by atoms with Gasteiger partial charge in [-0.05, 0) is 32.1 Å². The average molecular weight is 254 g/mol. The molecule has 0 N–H and O–H groups in total. The van der Waals surface area contributed by atoms with Gasteiger partial charge in [-0.1, -0.05) is 20.8 Å². The summed E-state index contributed by atoms with van der Waals surface area (Å²) in [5.41, 5.74) is 0.119. The van der Waals surface area contributed by atoms with Crippen molar-refractivity contribution in [1.29, 1.82) is 0 Å². The zero-order chi connectivity index (χ0) is 12.3. The third-order valence-electron chi connectivity index (χ3n) is 1.80. The highest BCUT2D eigenvalue weighted by molar-refractivity contribution is 8.02. The lowest BCUT2D eigenvalue weighted by molar-refractivity contribution is 0.246. The van der Waals surface area contributed by atoms with Crippen molar-refractivity contribution in [2.24, 2.45) is 5.41 Å². The van der Waals surface area contributed by atoms with Gasteiger partial charge in [-0.15, -0.1) is 0 Å². The van der Waals surface area contributed by atoms with Crippen LogP contribution in [0.1, 0.15) is 47.5 Å².